The lowest BCUT2D eigenvalue weighted by Gasteiger charge is -2.28. The Hall–Kier alpha value is -2.07. The lowest BCUT2D eigenvalue weighted by molar-refractivity contribution is -0.120. The largest absolute Gasteiger partial charge is 0.351 e. The fraction of sp³-hybridized carbons (Fsp3) is 0.571. The number of carbonyl (C=O) groups excluding carboxylic acids is 1. The first-order valence-electron chi connectivity index (χ1n) is 10.8. The van der Waals surface area contributed by atoms with Crippen molar-refractivity contribution in [3.05, 3.63) is 29.8 Å². The molecular formula is C21H29N5O3S2. The molecule has 1 aromatic carbocycles. The smallest absolute Gasteiger partial charge is 0.233 e. The van der Waals surface area contributed by atoms with Crippen molar-refractivity contribution in [3.8, 4) is 5.69 Å². The van der Waals surface area contributed by atoms with Crippen molar-refractivity contribution in [2.24, 2.45) is 0 Å². The maximum Gasteiger partial charge on any atom is 0.233 e. The number of nitrogens with one attached hydrogen (secondary N) is 1. The fourth-order valence-electron chi connectivity index (χ4n) is 4.00. The third kappa shape index (κ3) is 5.23. The third-order valence-corrected chi connectivity index (χ3v) is 8.59. The van der Waals surface area contributed by atoms with Gasteiger partial charge in [0, 0.05) is 19.1 Å². The zero-order chi connectivity index (χ0) is 22.0. The normalized spacial score (nSPS) is 21.7. The monoisotopic (exact) mass is 463 g/mol. The van der Waals surface area contributed by atoms with E-state index in [2.05, 4.69) is 32.5 Å². The maximum atomic E-state index is 12.7. The molecule has 3 heterocycles. The number of rotatable bonds is 6. The number of amides is 1. The number of hydrogen-bond donors (Lipinski definition) is 1. The summed E-state index contributed by atoms with van der Waals surface area (Å²) in [5.41, 5.74) is 2.14. The van der Waals surface area contributed by atoms with Crippen LogP contribution in [-0.4, -0.2) is 65.0 Å². The van der Waals surface area contributed by atoms with Crippen LogP contribution in [0.1, 0.15) is 38.2 Å². The van der Waals surface area contributed by atoms with Crippen molar-refractivity contribution in [3.63, 3.8) is 0 Å². The molecule has 0 spiro atoms. The molecule has 2 saturated heterocycles. The summed E-state index contributed by atoms with van der Waals surface area (Å²) in [5, 5.41) is 12.0. The number of nitrogens with zero attached hydrogens (tertiary/aromatic N) is 4. The van der Waals surface area contributed by atoms with Crippen molar-refractivity contribution >= 4 is 33.5 Å². The number of anilines is 1. The Morgan fingerprint density at radius 2 is 1.87 bits per heavy atom. The van der Waals surface area contributed by atoms with Crippen molar-refractivity contribution in [1.82, 2.24) is 20.1 Å². The summed E-state index contributed by atoms with van der Waals surface area (Å²) in [6.07, 6.45) is 3.97. The Labute approximate surface area is 187 Å². The van der Waals surface area contributed by atoms with Gasteiger partial charge in [0.2, 0.25) is 11.9 Å². The average Bonchev–Trinajstić information content (AvgIpc) is 3.31. The molecular weight excluding hydrogens is 434 g/mol. The van der Waals surface area contributed by atoms with E-state index in [4.69, 9.17) is 0 Å². The minimum Gasteiger partial charge on any atom is -0.351 e. The van der Waals surface area contributed by atoms with E-state index >= 15 is 0 Å². The van der Waals surface area contributed by atoms with Gasteiger partial charge < -0.3 is 10.2 Å². The number of sulfone groups is 1. The van der Waals surface area contributed by atoms with Crippen LogP contribution in [0.2, 0.25) is 0 Å². The van der Waals surface area contributed by atoms with Crippen LogP contribution in [0.4, 0.5) is 5.95 Å². The second kappa shape index (κ2) is 9.20. The number of aromatic nitrogens is 3. The first-order valence-corrected chi connectivity index (χ1v) is 13.5. The summed E-state index contributed by atoms with van der Waals surface area (Å²) in [4.78, 5) is 15.0. The molecule has 4 rings (SSSR count). The molecule has 8 nitrogen and oxygen atoms in total. The Bertz CT molecular complexity index is 1030. The first-order chi connectivity index (χ1) is 14.8. The molecule has 0 saturated carbocycles. The maximum absolute atomic E-state index is 12.7. The highest BCUT2D eigenvalue weighted by Crippen LogP contribution is 2.30. The van der Waals surface area contributed by atoms with Crippen molar-refractivity contribution in [2.45, 2.75) is 56.0 Å². The SMILES string of the molecule is Cc1ccc(-n2c(SC(C)C(=O)NC3CCS(=O)(=O)C3)nnc2N2CCCCC2)cc1. The Balaban J connectivity index is 1.55. The lowest BCUT2D eigenvalue weighted by atomic mass is 10.1. The molecule has 2 fully saturated rings. The predicted octanol–water partition coefficient (Wildman–Crippen LogP) is 2.35. The number of piperidine rings is 1. The van der Waals surface area contributed by atoms with Crippen LogP contribution in [0.25, 0.3) is 5.69 Å². The zero-order valence-corrected chi connectivity index (χ0v) is 19.6. The molecule has 2 atom stereocenters. The van der Waals surface area contributed by atoms with Crippen molar-refractivity contribution in [2.75, 3.05) is 29.5 Å². The highest BCUT2D eigenvalue weighted by molar-refractivity contribution is 8.00. The van der Waals surface area contributed by atoms with E-state index in [0.717, 1.165) is 37.6 Å². The molecule has 2 unspecified atom stereocenters. The molecule has 1 aromatic heterocycles. The first kappa shape index (κ1) is 22.1. The van der Waals surface area contributed by atoms with Gasteiger partial charge in [-0.15, -0.1) is 10.2 Å². The quantitative estimate of drug-likeness (QED) is 0.657. The summed E-state index contributed by atoms with van der Waals surface area (Å²) >= 11 is 1.35. The van der Waals surface area contributed by atoms with E-state index in [0.29, 0.717) is 11.6 Å². The van der Waals surface area contributed by atoms with E-state index in [-0.39, 0.29) is 23.5 Å². The summed E-state index contributed by atoms with van der Waals surface area (Å²) < 4.78 is 25.4. The van der Waals surface area contributed by atoms with Gasteiger partial charge in [0.1, 0.15) is 0 Å². The number of hydrogen-bond acceptors (Lipinski definition) is 7. The second-order valence-corrected chi connectivity index (χ2v) is 11.9. The van der Waals surface area contributed by atoms with Crippen LogP contribution in [0, 0.1) is 6.92 Å². The molecule has 0 bridgehead atoms. The van der Waals surface area contributed by atoms with Gasteiger partial charge in [0.15, 0.2) is 15.0 Å². The number of thioether (sulfide) groups is 1. The minimum absolute atomic E-state index is 0.0226. The molecule has 1 amide bonds. The van der Waals surface area contributed by atoms with E-state index in [9.17, 15) is 13.2 Å². The van der Waals surface area contributed by atoms with Crippen LogP contribution in [-0.2, 0) is 14.6 Å². The summed E-state index contributed by atoms with van der Waals surface area (Å²) in [5.74, 6) is 0.792. The zero-order valence-electron chi connectivity index (χ0n) is 18.0. The molecule has 2 aliphatic rings. The van der Waals surface area contributed by atoms with E-state index < -0.39 is 15.1 Å². The molecule has 0 aliphatic carbocycles. The highest BCUT2D eigenvalue weighted by Gasteiger charge is 2.31. The van der Waals surface area contributed by atoms with Crippen LogP contribution in [0.15, 0.2) is 29.4 Å². The highest BCUT2D eigenvalue weighted by atomic mass is 32.2. The summed E-state index contributed by atoms with van der Waals surface area (Å²) in [7, 11) is -3.03. The van der Waals surface area contributed by atoms with Gasteiger partial charge in [-0.1, -0.05) is 29.5 Å². The standard InChI is InChI=1S/C21H29N5O3S2/c1-15-6-8-18(9-7-15)26-20(25-11-4-3-5-12-25)23-24-21(26)30-16(2)19(27)22-17-10-13-31(28,29)14-17/h6-9,16-17H,3-5,10-14H2,1-2H3,(H,22,27). The number of benzene rings is 1. The van der Waals surface area contributed by atoms with Crippen LogP contribution in [0.3, 0.4) is 0 Å². The molecule has 1 N–H and O–H groups in total. The van der Waals surface area contributed by atoms with Crippen LogP contribution >= 0.6 is 11.8 Å². The van der Waals surface area contributed by atoms with E-state index in [1.54, 1.807) is 0 Å². The Morgan fingerprint density at radius 1 is 1.16 bits per heavy atom. The van der Waals surface area contributed by atoms with E-state index in [1.807, 2.05) is 30.5 Å². The van der Waals surface area contributed by atoms with E-state index in [1.165, 1.54) is 23.7 Å². The molecule has 10 heteroatoms. The topological polar surface area (TPSA) is 97.2 Å². The van der Waals surface area contributed by atoms with Gasteiger partial charge in [0.05, 0.1) is 22.4 Å². The molecule has 0 radical (unpaired) electrons. The Kier molecular flexibility index (Phi) is 6.57. The van der Waals surface area contributed by atoms with Gasteiger partial charge >= 0.3 is 0 Å². The number of aryl methyl sites for hydroxylation is 1. The van der Waals surface area contributed by atoms with Crippen molar-refractivity contribution < 1.29 is 13.2 Å². The van der Waals surface area contributed by atoms with Gasteiger partial charge in [-0.2, -0.15) is 0 Å². The second-order valence-electron chi connectivity index (χ2n) is 8.37. The third-order valence-electron chi connectivity index (χ3n) is 5.78. The lowest BCUT2D eigenvalue weighted by Crippen LogP contribution is -2.40. The van der Waals surface area contributed by atoms with Gasteiger partial charge in [-0.3, -0.25) is 9.36 Å². The molecule has 31 heavy (non-hydrogen) atoms. The minimum atomic E-state index is -3.03. The van der Waals surface area contributed by atoms with Crippen LogP contribution < -0.4 is 10.2 Å². The average molecular weight is 464 g/mol. The van der Waals surface area contributed by atoms with Crippen molar-refractivity contribution in [1.29, 1.82) is 0 Å². The fourth-order valence-corrected chi connectivity index (χ4v) is 6.54. The molecule has 168 valence electrons. The van der Waals surface area contributed by atoms with Gasteiger partial charge in [0.25, 0.3) is 0 Å². The molecule has 2 aliphatic heterocycles. The summed E-state index contributed by atoms with van der Waals surface area (Å²) in [6.45, 7) is 5.76. The molecule has 2 aromatic rings. The Morgan fingerprint density at radius 3 is 2.52 bits per heavy atom. The van der Waals surface area contributed by atoms with Gasteiger partial charge in [-0.05, 0) is 51.7 Å². The number of carbonyl (C=O) groups is 1. The van der Waals surface area contributed by atoms with Crippen LogP contribution in [0.5, 0.6) is 0 Å². The van der Waals surface area contributed by atoms with Gasteiger partial charge in [-0.25, -0.2) is 8.42 Å². The summed E-state index contributed by atoms with van der Waals surface area (Å²) in [6, 6.07) is 7.90. The predicted molar refractivity (Wildman–Crippen MR) is 123 cm³/mol.